The van der Waals surface area contributed by atoms with Crippen LogP contribution < -0.4 is 225 Å². The minimum absolute atomic E-state index is 0. The molecule has 0 aromatic rings. The van der Waals surface area contributed by atoms with Gasteiger partial charge in [-0.25, -0.2) is 0 Å². The summed E-state index contributed by atoms with van der Waals surface area (Å²) in [6.45, 7) is 8.32. The van der Waals surface area contributed by atoms with Gasteiger partial charge in [0.2, 0.25) is 22.3 Å². The number of unbranched alkanes of at least 4 members (excludes halogenated alkanes) is 56. The maximum Gasteiger partial charge on any atom is 1.00 e. The Morgan fingerprint density at radius 1 is 0.188 bits per heavy atom. The van der Waals surface area contributed by atoms with Crippen molar-refractivity contribution >= 4 is 60.8 Å². The third-order valence-corrected chi connectivity index (χ3v) is 32.3. The first-order valence-corrected chi connectivity index (χ1v) is 54.8. The van der Waals surface area contributed by atoms with Crippen LogP contribution in [0, 0.1) is 0 Å². The fourth-order valence-corrected chi connectivity index (χ4v) is 20.4. The van der Waals surface area contributed by atoms with E-state index in [-0.39, 0.29) is 232 Å². The SMILES string of the molecule is CCCCCCCCCCCCCCCCCOP(=O)([O-])C(O)P(=O)(O)O.CCCCCCCCCCCCCCCCCOP(=O)([O-])C(O)P(=O)(O)O.CCCCCCCCCCCCCCCCCOP(=O)([O-])C(O)P(=O)(O)O.CCCCCCCCCCCCCCCCCOP(=O)([O-])C(O)P(=O)(O)O.[K+].[K+].[K+].[K+]. The Morgan fingerprint density at radius 3 is 0.348 bits per heavy atom. The van der Waals surface area contributed by atoms with E-state index in [9.17, 15) is 56.1 Å². The number of rotatable bonds is 76. The van der Waals surface area contributed by atoms with Crippen LogP contribution in [0.15, 0.2) is 0 Å². The molecule has 0 saturated heterocycles. The van der Waals surface area contributed by atoms with E-state index in [1.54, 1.807) is 0 Å². The van der Waals surface area contributed by atoms with Gasteiger partial charge in [0.25, 0.3) is 0 Å². The molecule has 0 saturated carbocycles. The molecule has 0 amide bonds. The van der Waals surface area contributed by atoms with Crippen LogP contribution in [-0.2, 0) is 54.6 Å². The molecule has 0 rings (SSSR count). The van der Waals surface area contributed by atoms with Gasteiger partial charge in [0.15, 0.2) is 30.4 Å². The van der Waals surface area contributed by atoms with E-state index in [1.807, 2.05) is 0 Å². The summed E-state index contributed by atoms with van der Waals surface area (Å²) in [5.74, 6) is 0. The van der Waals surface area contributed by atoms with Gasteiger partial charge in [0.05, 0.1) is 26.4 Å². The van der Waals surface area contributed by atoms with Crippen molar-refractivity contribution in [2.75, 3.05) is 26.4 Å². The van der Waals surface area contributed by atoms with Crippen molar-refractivity contribution in [1.82, 2.24) is 0 Å². The second kappa shape index (κ2) is 89.2. The molecule has 0 heterocycles. The molecule has 112 heavy (non-hydrogen) atoms. The normalized spacial score (nSPS) is 15.0. The van der Waals surface area contributed by atoms with Crippen LogP contribution >= 0.6 is 60.8 Å². The fourth-order valence-electron chi connectivity index (χ4n) is 11.7. The molecule has 0 fully saturated rings. The largest absolute Gasteiger partial charge is 1.00 e. The summed E-state index contributed by atoms with van der Waals surface area (Å²) in [5, 5.41) is 36.3. The quantitative estimate of drug-likeness (QED) is 0.0159. The average molecular weight is 1870 g/mol. The van der Waals surface area contributed by atoms with Gasteiger partial charge in [-0.2, -0.15) is 0 Å². The smallest absolute Gasteiger partial charge is 0.776 e. The fraction of sp³-hybridized carbons (Fsp3) is 1.00. The molecule has 0 radical (unpaired) electrons. The van der Waals surface area contributed by atoms with E-state index in [4.69, 9.17) is 59.6 Å². The van der Waals surface area contributed by atoms with Crippen molar-refractivity contribution in [1.29, 1.82) is 0 Å². The molecule has 40 heteroatoms. The molecule has 0 aromatic heterocycles. The molecule has 8 unspecified atom stereocenters. The van der Waals surface area contributed by atoms with Crippen LogP contribution in [0.1, 0.15) is 413 Å². The van der Waals surface area contributed by atoms with Gasteiger partial charge in [-0.3, -0.25) is 18.3 Å². The Bertz CT molecular complexity index is 2100. The van der Waals surface area contributed by atoms with Crippen molar-refractivity contribution in [3.8, 4) is 0 Å². The van der Waals surface area contributed by atoms with Crippen molar-refractivity contribution in [3.63, 3.8) is 0 Å². The average Bonchev–Trinajstić information content (AvgIpc) is 0.861. The number of hydrogen-bond donors (Lipinski definition) is 12. The van der Waals surface area contributed by atoms with Gasteiger partial charge in [0, 0.05) is 0 Å². The van der Waals surface area contributed by atoms with Crippen LogP contribution in [0.4, 0.5) is 0 Å². The molecule has 656 valence electrons. The minimum atomic E-state index is -5.11. The van der Waals surface area contributed by atoms with E-state index in [0.29, 0.717) is 25.7 Å². The molecule has 0 aliphatic carbocycles. The number of hydrogen-bond acceptors (Lipinski definition) is 20. The van der Waals surface area contributed by atoms with Crippen molar-refractivity contribution in [2.24, 2.45) is 0 Å². The van der Waals surface area contributed by atoms with Crippen LogP contribution in [0.2, 0.25) is 0 Å². The molecule has 12 N–H and O–H groups in total. The maximum atomic E-state index is 11.4. The van der Waals surface area contributed by atoms with Crippen LogP contribution in [0.5, 0.6) is 0 Å². The van der Waals surface area contributed by atoms with Gasteiger partial charge >= 0.3 is 236 Å². The van der Waals surface area contributed by atoms with Gasteiger partial charge in [-0.1, -0.05) is 387 Å². The zero-order valence-electron chi connectivity index (χ0n) is 71.0. The van der Waals surface area contributed by atoms with Crippen molar-refractivity contribution in [3.05, 3.63) is 0 Å². The molecule has 8 atom stereocenters. The first kappa shape index (κ1) is 135. The second-order valence-corrected chi connectivity index (χ2v) is 44.6. The summed E-state index contributed by atoms with van der Waals surface area (Å²) in [4.78, 5) is 115. The van der Waals surface area contributed by atoms with Gasteiger partial charge in [-0.05, 0) is 25.7 Å². The second-order valence-electron chi connectivity index (χ2n) is 29.0. The third kappa shape index (κ3) is 92.3. The molecule has 0 aromatic carbocycles. The standard InChI is InChI=1S/4C18H40O7P2.4K/c4*1-2-3-4-5-6-7-8-9-10-11-12-13-14-15-16-17-25-27(23,24)18(19)26(20,21)22;;;;/h4*18-19H,2-17H2,1H3,(H,23,24)(H2,20,21,22);;;;/q;;;;4*+1/p-4. The first-order chi connectivity index (χ1) is 50.9. The monoisotopic (exact) mass is 1870 g/mol. The summed E-state index contributed by atoms with van der Waals surface area (Å²) < 4.78 is 106. The molecular formula is C72H156K4O28P8. The summed E-state index contributed by atoms with van der Waals surface area (Å²) in [6.07, 6.45) is 71.2. The number of aliphatic hydroxyl groups is 4. The summed E-state index contributed by atoms with van der Waals surface area (Å²) >= 11 is 0. The van der Waals surface area contributed by atoms with Gasteiger partial charge in [0.1, 0.15) is 0 Å². The van der Waals surface area contributed by atoms with E-state index in [2.05, 4.69) is 45.8 Å². The first-order valence-electron chi connectivity index (χ1n) is 41.6. The molecule has 0 aliphatic rings. The summed E-state index contributed by atoms with van der Waals surface area (Å²) in [5.41, 5.74) is -11.1. The predicted octanol–water partition coefficient (Wildman–Crippen LogP) is 7.54. The van der Waals surface area contributed by atoms with E-state index in [0.717, 1.165) is 77.0 Å². The Morgan fingerprint density at radius 2 is 0.268 bits per heavy atom. The Balaban J connectivity index is -0.000000212. The summed E-state index contributed by atoms with van der Waals surface area (Å²) in [6, 6.07) is 0. The van der Waals surface area contributed by atoms with Gasteiger partial charge < -0.3 is 116 Å². The van der Waals surface area contributed by atoms with E-state index >= 15 is 0 Å². The third-order valence-electron chi connectivity index (χ3n) is 18.4. The van der Waals surface area contributed by atoms with E-state index in [1.165, 1.54) is 283 Å². The Labute approximate surface area is 848 Å². The molecule has 0 bridgehead atoms. The Kier molecular flexibility index (Phi) is 108. The van der Waals surface area contributed by atoms with Crippen molar-refractivity contribution < 1.29 is 339 Å². The zero-order valence-corrected chi connectivity index (χ0v) is 90.7. The van der Waals surface area contributed by atoms with Gasteiger partial charge in [-0.15, -0.1) is 0 Å². The maximum absolute atomic E-state index is 11.4. The molecule has 0 aliphatic heterocycles. The van der Waals surface area contributed by atoms with E-state index < -0.39 is 83.1 Å². The minimum Gasteiger partial charge on any atom is -0.776 e. The van der Waals surface area contributed by atoms with Crippen molar-refractivity contribution in [2.45, 2.75) is 435 Å². The molecule has 0 spiro atoms. The number of aliphatic hydroxyl groups excluding tert-OH is 4. The van der Waals surface area contributed by atoms with Crippen LogP contribution in [-0.4, -0.2) is 108 Å². The Hall–Kier alpha value is 7.59. The van der Waals surface area contributed by atoms with Crippen LogP contribution in [0.25, 0.3) is 0 Å². The molecular weight excluding hydrogens is 1720 g/mol. The topological polar surface area (TPSA) is 508 Å². The summed E-state index contributed by atoms with van der Waals surface area (Å²) in [7, 11) is -40.3. The van der Waals surface area contributed by atoms with Crippen LogP contribution in [0.3, 0.4) is 0 Å². The zero-order chi connectivity index (χ0) is 82.4. The molecule has 28 nitrogen and oxygen atoms in total. The predicted molar refractivity (Wildman–Crippen MR) is 426 cm³/mol.